The number of esters is 1. The van der Waals surface area contributed by atoms with Crippen molar-refractivity contribution in [3.8, 4) is 0 Å². The Kier molecular flexibility index (Phi) is 7.63. The van der Waals surface area contributed by atoms with Gasteiger partial charge in [-0.15, -0.1) is 0 Å². The van der Waals surface area contributed by atoms with Crippen molar-refractivity contribution in [2.75, 3.05) is 30.9 Å². The van der Waals surface area contributed by atoms with Crippen molar-refractivity contribution in [2.45, 2.75) is 33.2 Å². The van der Waals surface area contributed by atoms with Crippen molar-refractivity contribution < 1.29 is 27.1 Å². The molecule has 1 amide bonds. The molecule has 0 bridgehead atoms. The van der Waals surface area contributed by atoms with Crippen molar-refractivity contribution in [1.29, 1.82) is 0 Å². The third kappa shape index (κ3) is 5.70. The van der Waals surface area contributed by atoms with Gasteiger partial charge in [-0.25, -0.2) is 26.9 Å². The van der Waals surface area contributed by atoms with E-state index in [1.54, 1.807) is 26.0 Å². The molecule has 0 N–H and O–H groups in total. The molecule has 2 heterocycles. The third-order valence-corrected chi connectivity index (χ3v) is 7.63. The van der Waals surface area contributed by atoms with Crippen LogP contribution in [0.3, 0.4) is 0 Å². The minimum atomic E-state index is -3.42. The zero-order chi connectivity index (χ0) is 23.5. The molecule has 0 aliphatic carbocycles. The first-order valence-corrected chi connectivity index (χ1v) is 12.9. The van der Waals surface area contributed by atoms with E-state index in [0.29, 0.717) is 40.7 Å². The zero-order valence-electron chi connectivity index (χ0n) is 18.2. The molecule has 1 saturated heterocycles. The summed E-state index contributed by atoms with van der Waals surface area (Å²) in [6, 6.07) is 5.76. The highest BCUT2D eigenvalue weighted by atomic mass is 32.2. The number of thiazole rings is 1. The molecule has 8 nitrogen and oxygen atoms in total. The van der Waals surface area contributed by atoms with Gasteiger partial charge in [-0.2, -0.15) is 0 Å². The van der Waals surface area contributed by atoms with Crippen molar-refractivity contribution in [2.24, 2.45) is 5.92 Å². The lowest BCUT2D eigenvalue weighted by molar-refractivity contribution is -0.123. The van der Waals surface area contributed by atoms with Gasteiger partial charge in [0.2, 0.25) is 15.9 Å². The third-order valence-electron chi connectivity index (χ3n) is 5.20. The van der Waals surface area contributed by atoms with Crippen LogP contribution in [0.15, 0.2) is 24.3 Å². The highest BCUT2D eigenvalue weighted by Crippen LogP contribution is 2.31. The standard InChI is InChI=1S/C21H26FN3O5S2/c1-4-30-20(27)18-14(2)23-21(31-18)25(12-15-7-9-17(22)10-8-15)19(26)16-6-5-11-24(13-16)32(3,28)29/h7-10,16H,4-6,11-13H2,1-3H3. The predicted octanol–water partition coefficient (Wildman–Crippen LogP) is 2.97. The number of amides is 1. The molecule has 0 radical (unpaired) electrons. The van der Waals surface area contributed by atoms with E-state index in [4.69, 9.17) is 4.74 Å². The fourth-order valence-corrected chi connectivity index (χ4v) is 5.44. The number of piperidine rings is 1. The summed E-state index contributed by atoms with van der Waals surface area (Å²) in [5.41, 5.74) is 1.13. The van der Waals surface area contributed by atoms with Crippen molar-refractivity contribution >= 4 is 38.4 Å². The molecule has 1 fully saturated rings. The molecule has 32 heavy (non-hydrogen) atoms. The number of aryl methyl sites for hydroxylation is 1. The minimum Gasteiger partial charge on any atom is -0.462 e. The number of hydrogen-bond acceptors (Lipinski definition) is 7. The Morgan fingerprint density at radius 3 is 2.62 bits per heavy atom. The van der Waals surface area contributed by atoms with Crippen LogP contribution in [-0.2, 0) is 26.1 Å². The van der Waals surface area contributed by atoms with Gasteiger partial charge in [-0.3, -0.25) is 9.69 Å². The van der Waals surface area contributed by atoms with E-state index in [-0.39, 0.29) is 25.6 Å². The van der Waals surface area contributed by atoms with Gasteiger partial charge < -0.3 is 4.74 Å². The molecule has 174 valence electrons. The molecule has 1 aromatic carbocycles. The van der Waals surface area contributed by atoms with E-state index < -0.39 is 27.7 Å². The summed E-state index contributed by atoms with van der Waals surface area (Å²) in [6.45, 7) is 4.17. The number of carbonyl (C=O) groups is 2. The van der Waals surface area contributed by atoms with E-state index in [1.165, 1.54) is 21.3 Å². The first-order chi connectivity index (χ1) is 15.1. The number of ether oxygens (including phenoxy) is 1. The van der Waals surface area contributed by atoms with Gasteiger partial charge in [0.1, 0.15) is 10.7 Å². The van der Waals surface area contributed by atoms with Crippen LogP contribution >= 0.6 is 11.3 Å². The highest BCUT2D eigenvalue weighted by Gasteiger charge is 2.34. The van der Waals surface area contributed by atoms with Gasteiger partial charge in [0.25, 0.3) is 0 Å². The zero-order valence-corrected chi connectivity index (χ0v) is 19.8. The van der Waals surface area contributed by atoms with Gasteiger partial charge >= 0.3 is 5.97 Å². The quantitative estimate of drug-likeness (QED) is 0.562. The monoisotopic (exact) mass is 483 g/mol. The van der Waals surface area contributed by atoms with Gasteiger partial charge in [0.15, 0.2) is 5.13 Å². The van der Waals surface area contributed by atoms with E-state index in [2.05, 4.69) is 4.98 Å². The number of halogens is 1. The van der Waals surface area contributed by atoms with Crippen LogP contribution in [0.5, 0.6) is 0 Å². The topological polar surface area (TPSA) is 96.9 Å². The minimum absolute atomic E-state index is 0.0900. The second-order valence-electron chi connectivity index (χ2n) is 7.64. The summed E-state index contributed by atoms with van der Waals surface area (Å²) in [4.78, 5) is 32.0. The molecule has 2 aromatic rings. The Bertz CT molecular complexity index is 1090. The average molecular weight is 484 g/mol. The first-order valence-electron chi connectivity index (χ1n) is 10.3. The number of nitrogens with zero attached hydrogens (tertiary/aromatic N) is 3. The van der Waals surface area contributed by atoms with Crippen LogP contribution in [-0.4, -0.2) is 55.5 Å². The molecule has 1 aliphatic rings. The summed E-state index contributed by atoms with van der Waals surface area (Å²) in [5.74, 6) is -1.73. The maximum absolute atomic E-state index is 13.5. The molecule has 0 saturated carbocycles. The summed E-state index contributed by atoms with van der Waals surface area (Å²) in [6.07, 6.45) is 2.24. The smallest absolute Gasteiger partial charge is 0.350 e. The number of sulfonamides is 1. The van der Waals surface area contributed by atoms with Gasteiger partial charge in [-0.1, -0.05) is 23.5 Å². The van der Waals surface area contributed by atoms with Gasteiger partial charge in [-0.05, 0) is 44.4 Å². The van der Waals surface area contributed by atoms with Crippen molar-refractivity contribution in [1.82, 2.24) is 9.29 Å². The summed E-state index contributed by atoms with van der Waals surface area (Å²) < 4.78 is 43.8. The summed E-state index contributed by atoms with van der Waals surface area (Å²) in [7, 11) is -3.42. The Morgan fingerprint density at radius 2 is 2.00 bits per heavy atom. The van der Waals surface area contributed by atoms with Crippen molar-refractivity contribution in [3.05, 3.63) is 46.2 Å². The average Bonchev–Trinajstić information content (AvgIpc) is 3.14. The van der Waals surface area contributed by atoms with Crippen LogP contribution in [0.1, 0.15) is 40.7 Å². The molecule has 1 aromatic heterocycles. The highest BCUT2D eigenvalue weighted by molar-refractivity contribution is 7.88. The van der Waals surface area contributed by atoms with Crippen LogP contribution < -0.4 is 4.90 Å². The maximum Gasteiger partial charge on any atom is 0.350 e. The molecule has 0 spiro atoms. The Labute approximate surface area is 191 Å². The summed E-state index contributed by atoms with van der Waals surface area (Å²) in [5, 5.41) is 0.316. The Hall–Kier alpha value is -2.37. The van der Waals surface area contributed by atoms with E-state index in [1.807, 2.05) is 0 Å². The Balaban J connectivity index is 1.94. The molecule has 1 atom stereocenters. The maximum atomic E-state index is 13.5. The number of hydrogen-bond donors (Lipinski definition) is 0. The van der Waals surface area contributed by atoms with Gasteiger partial charge in [0, 0.05) is 13.1 Å². The molecular formula is C21H26FN3O5S2. The van der Waals surface area contributed by atoms with Gasteiger partial charge in [0.05, 0.1) is 31.0 Å². The summed E-state index contributed by atoms with van der Waals surface area (Å²) >= 11 is 1.05. The number of rotatable bonds is 7. The van der Waals surface area contributed by atoms with Crippen molar-refractivity contribution in [3.63, 3.8) is 0 Å². The Morgan fingerprint density at radius 1 is 1.31 bits per heavy atom. The second kappa shape index (κ2) is 10.1. The van der Waals surface area contributed by atoms with Crippen LogP contribution in [0, 0.1) is 18.7 Å². The predicted molar refractivity (Wildman–Crippen MR) is 120 cm³/mol. The van der Waals surface area contributed by atoms with Crippen LogP contribution in [0.4, 0.5) is 9.52 Å². The largest absolute Gasteiger partial charge is 0.462 e. The number of aromatic nitrogens is 1. The molecule has 1 aliphatic heterocycles. The van der Waals surface area contributed by atoms with E-state index >= 15 is 0 Å². The number of benzene rings is 1. The van der Waals surface area contributed by atoms with Crippen LogP contribution in [0.2, 0.25) is 0 Å². The number of carbonyl (C=O) groups excluding carboxylic acids is 2. The van der Waals surface area contributed by atoms with E-state index in [9.17, 15) is 22.4 Å². The van der Waals surface area contributed by atoms with E-state index in [0.717, 1.165) is 17.6 Å². The lowest BCUT2D eigenvalue weighted by atomic mass is 9.98. The normalized spacial score (nSPS) is 17.2. The SMILES string of the molecule is CCOC(=O)c1sc(N(Cc2ccc(F)cc2)C(=O)C2CCCN(S(C)(=O)=O)C2)nc1C. The molecule has 3 rings (SSSR count). The lowest BCUT2D eigenvalue weighted by Crippen LogP contribution is -2.46. The molecule has 11 heteroatoms. The molecular weight excluding hydrogens is 457 g/mol. The number of anilines is 1. The second-order valence-corrected chi connectivity index (χ2v) is 10.6. The molecule has 1 unspecified atom stereocenters. The van der Waals surface area contributed by atoms with Crippen LogP contribution in [0.25, 0.3) is 0 Å². The first kappa shape index (κ1) is 24.3. The lowest BCUT2D eigenvalue weighted by Gasteiger charge is -2.33. The fraction of sp³-hybridized carbons (Fsp3) is 0.476. The fourth-order valence-electron chi connectivity index (χ4n) is 3.56.